The molecule has 2 aromatic rings. The fourth-order valence-corrected chi connectivity index (χ4v) is 3.45. The second-order valence-corrected chi connectivity index (χ2v) is 6.45. The molecule has 1 aliphatic rings. The minimum Gasteiger partial charge on any atom is -0.355 e. The van der Waals surface area contributed by atoms with E-state index < -0.39 is 11.6 Å². The molecule has 2 atom stereocenters. The van der Waals surface area contributed by atoms with Gasteiger partial charge in [0.15, 0.2) is 11.6 Å². The minimum atomic E-state index is -0.816. The van der Waals surface area contributed by atoms with Gasteiger partial charge in [-0.25, -0.2) is 8.78 Å². The molecular formula is C14H16F2N4S. The van der Waals surface area contributed by atoms with Crippen molar-refractivity contribution in [3.05, 3.63) is 40.4 Å². The molecule has 0 spiro atoms. The average molecular weight is 310 g/mol. The van der Waals surface area contributed by atoms with Gasteiger partial charge in [-0.15, -0.1) is 10.2 Å². The van der Waals surface area contributed by atoms with E-state index in [0.717, 1.165) is 28.7 Å². The molecule has 7 heteroatoms. The smallest absolute Gasteiger partial charge is 0.205 e. The maximum Gasteiger partial charge on any atom is 0.205 e. The summed E-state index contributed by atoms with van der Waals surface area (Å²) in [7, 11) is 1.99. The van der Waals surface area contributed by atoms with Gasteiger partial charge < -0.3 is 5.32 Å². The number of aryl methyl sites for hydroxylation is 1. The van der Waals surface area contributed by atoms with E-state index in [1.165, 1.54) is 23.5 Å². The van der Waals surface area contributed by atoms with Crippen LogP contribution in [0, 0.1) is 18.6 Å². The Labute approximate surface area is 125 Å². The van der Waals surface area contributed by atoms with Gasteiger partial charge in [0.2, 0.25) is 5.13 Å². The van der Waals surface area contributed by atoms with E-state index >= 15 is 0 Å². The van der Waals surface area contributed by atoms with Crippen LogP contribution in [0.4, 0.5) is 13.9 Å². The van der Waals surface area contributed by atoms with Crippen molar-refractivity contribution in [2.24, 2.45) is 0 Å². The van der Waals surface area contributed by atoms with Gasteiger partial charge in [-0.2, -0.15) is 0 Å². The van der Waals surface area contributed by atoms with Crippen molar-refractivity contribution in [2.75, 3.05) is 18.9 Å². The largest absolute Gasteiger partial charge is 0.355 e. The number of nitrogens with one attached hydrogen (secondary N) is 1. The maximum atomic E-state index is 13.5. The van der Waals surface area contributed by atoms with E-state index in [9.17, 15) is 8.78 Å². The number of likely N-dealkylation sites (N-methyl/N-ethyl adjacent to an activating group) is 1. The lowest BCUT2D eigenvalue weighted by Gasteiger charge is -2.26. The number of nitrogens with zero attached hydrogens (tertiary/aromatic N) is 3. The van der Waals surface area contributed by atoms with Gasteiger partial charge in [-0.3, -0.25) is 4.90 Å². The fourth-order valence-electron chi connectivity index (χ4n) is 2.79. The molecule has 3 rings (SSSR count). The quantitative estimate of drug-likeness (QED) is 0.946. The lowest BCUT2D eigenvalue weighted by atomic mass is 10.00. The molecule has 0 saturated carbocycles. The lowest BCUT2D eigenvalue weighted by molar-refractivity contribution is 0.308. The normalized spacial score (nSPS) is 22.7. The van der Waals surface area contributed by atoms with Crippen LogP contribution in [-0.2, 0) is 0 Å². The highest BCUT2D eigenvalue weighted by atomic mass is 32.1. The van der Waals surface area contributed by atoms with Crippen molar-refractivity contribution in [1.29, 1.82) is 0 Å². The van der Waals surface area contributed by atoms with Crippen LogP contribution in [-0.4, -0.2) is 34.7 Å². The van der Waals surface area contributed by atoms with Gasteiger partial charge in [-0.1, -0.05) is 17.4 Å². The van der Waals surface area contributed by atoms with Crippen LogP contribution in [0.2, 0.25) is 0 Å². The Kier molecular flexibility index (Phi) is 3.86. The Bertz CT molecular complexity index is 646. The third kappa shape index (κ3) is 2.89. The third-order valence-electron chi connectivity index (χ3n) is 3.77. The molecule has 1 aliphatic heterocycles. The highest BCUT2D eigenvalue weighted by Crippen LogP contribution is 2.34. The summed E-state index contributed by atoms with van der Waals surface area (Å²) < 4.78 is 26.6. The monoisotopic (exact) mass is 310 g/mol. The van der Waals surface area contributed by atoms with Crippen LogP contribution >= 0.6 is 11.3 Å². The second-order valence-electron chi connectivity index (χ2n) is 5.26. The molecule has 1 aromatic carbocycles. The van der Waals surface area contributed by atoms with E-state index in [-0.39, 0.29) is 12.1 Å². The Morgan fingerprint density at radius 3 is 2.76 bits per heavy atom. The van der Waals surface area contributed by atoms with Crippen molar-refractivity contribution in [1.82, 2.24) is 15.1 Å². The summed E-state index contributed by atoms with van der Waals surface area (Å²) in [6.07, 6.45) is 0.915. The van der Waals surface area contributed by atoms with Gasteiger partial charge >= 0.3 is 0 Å². The highest BCUT2D eigenvalue weighted by Gasteiger charge is 2.34. The molecule has 0 aliphatic carbocycles. The molecule has 0 bridgehead atoms. The first kappa shape index (κ1) is 14.3. The van der Waals surface area contributed by atoms with E-state index in [2.05, 4.69) is 20.4 Å². The summed E-state index contributed by atoms with van der Waals surface area (Å²) in [6, 6.07) is 4.20. The molecule has 0 amide bonds. The van der Waals surface area contributed by atoms with Crippen molar-refractivity contribution < 1.29 is 8.78 Å². The Morgan fingerprint density at radius 2 is 2.10 bits per heavy atom. The van der Waals surface area contributed by atoms with E-state index in [1.54, 1.807) is 6.07 Å². The Morgan fingerprint density at radius 1 is 1.29 bits per heavy atom. The summed E-state index contributed by atoms with van der Waals surface area (Å²) >= 11 is 1.49. The van der Waals surface area contributed by atoms with Crippen molar-refractivity contribution in [3.8, 4) is 0 Å². The van der Waals surface area contributed by atoms with Gasteiger partial charge in [0.25, 0.3) is 0 Å². The number of halogens is 2. The zero-order valence-corrected chi connectivity index (χ0v) is 12.6. The predicted octanol–water partition coefficient (Wildman–Crippen LogP) is 2.98. The van der Waals surface area contributed by atoms with Crippen LogP contribution in [0.15, 0.2) is 18.2 Å². The average Bonchev–Trinajstić information content (AvgIpc) is 3.00. The number of hydrogen-bond donors (Lipinski definition) is 1. The van der Waals surface area contributed by atoms with Crippen LogP contribution in [0.25, 0.3) is 0 Å². The van der Waals surface area contributed by atoms with Gasteiger partial charge in [-0.05, 0) is 38.1 Å². The molecule has 1 N–H and O–H groups in total. The standard InChI is InChI=1S/C14H16F2N4S/c1-8-18-19-14(21-8)17-12-5-6-20(2)13(12)9-3-4-10(15)11(16)7-9/h3-4,7,12-13H,5-6H2,1-2H3,(H,17,19). The number of benzene rings is 1. The summed E-state index contributed by atoms with van der Waals surface area (Å²) in [5.41, 5.74) is 0.771. The first-order valence-electron chi connectivity index (χ1n) is 6.76. The molecular weight excluding hydrogens is 294 g/mol. The van der Waals surface area contributed by atoms with E-state index in [4.69, 9.17) is 0 Å². The molecule has 112 valence electrons. The second kappa shape index (κ2) is 5.65. The number of likely N-dealkylation sites (tertiary alicyclic amines) is 1. The van der Waals surface area contributed by atoms with Crippen LogP contribution < -0.4 is 5.32 Å². The zero-order valence-electron chi connectivity index (χ0n) is 11.8. The number of hydrogen-bond acceptors (Lipinski definition) is 5. The molecule has 21 heavy (non-hydrogen) atoms. The zero-order chi connectivity index (χ0) is 15.0. The lowest BCUT2D eigenvalue weighted by Crippen LogP contribution is -2.29. The predicted molar refractivity (Wildman–Crippen MR) is 78.4 cm³/mol. The fraction of sp³-hybridized carbons (Fsp3) is 0.429. The minimum absolute atomic E-state index is 0.00990. The van der Waals surface area contributed by atoms with Gasteiger partial charge in [0, 0.05) is 12.6 Å². The summed E-state index contributed by atoms with van der Waals surface area (Å²) in [5, 5.41) is 13.1. The molecule has 2 heterocycles. The summed E-state index contributed by atoms with van der Waals surface area (Å²) in [4.78, 5) is 2.14. The topological polar surface area (TPSA) is 41.1 Å². The van der Waals surface area contributed by atoms with Gasteiger partial charge in [0.1, 0.15) is 5.01 Å². The number of anilines is 1. The number of aromatic nitrogens is 2. The third-order valence-corrected chi connectivity index (χ3v) is 4.54. The van der Waals surface area contributed by atoms with E-state index in [0.29, 0.717) is 0 Å². The van der Waals surface area contributed by atoms with Crippen LogP contribution in [0.5, 0.6) is 0 Å². The summed E-state index contributed by atoms with van der Waals surface area (Å²) in [6.45, 7) is 2.79. The maximum absolute atomic E-state index is 13.5. The van der Waals surface area contributed by atoms with Crippen LogP contribution in [0.1, 0.15) is 23.0 Å². The highest BCUT2D eigenvalue weighted by molar-refractivity contribution is 7.15. The summed E-state index contributed by atoms with van der Waals surface area (Å²) in [5.74, 6) is -1.62. The number of rotatable bonds is 3. The molecule has 4 nitrogen and oxygen atoms in total. The SMILES string of the molecule is Cc1nnc(NC2CCN(C)C2c2ccc(F)c(F)c2)s1. The van der Waals surface area contributed by atoms with Crippen LogP contribution in [0.3, 0.4) is 0 Å². The molecule has 1 fully saturated rings. The molecule has 1 aromatic heterocycles. The van der Waals surface area contributed by atoms with Gasteiger partial charge in [0.05, 0.1) is 6.04 Å². The molecule has 1 saturated heterocycles. The van der Waals surface area contributed by atoms with E-state index in [1.807, 2.05) is 14.0 Å². The first-order chi connectivity index (χ1) is 10.0. The Balaban J connectivity index is 1.85. The molecule has 0 radical (unpaired) electrons. The molecule has 2 unspecified atom stereocenters. The first-order valence-corrected chi connectivity index (χ1v) is 7.58. The van der Waals surface area contributed by atoms with Crippen molar-refractivity contribution >= 4 is 16.5 Å². The Hall–Kier alpha value is -1.60. The van der Waals surface area contributed by atoms with Crippen molar-refractivity contribution in [3.63, 3.8) is 0 Å². The van der Waals surface area contributed by atoms with Crippen molar-refractivity contribution in [2.45, 2.75) is 25.4 Å².